The van der Waals surface area contributed by atoms with Crippen LogP contribution in [0.15, 0.2) is 30.3 Å². The van der Waals surface area contributed by atoms with Crippen molar-refractivity contribution in [3.63, 3.8) is 0 Å². The number of para-hydroxylation sites is 1. The molecule has 1 aromatic rings. The van der Waals surface area contributed by atoms with Crippen molar-refractivity contribution in [1.82, 2.24) is 15.1 Å². The first kappa shape index (κ1) is 18.7. The van der Waals surface area contributed by atoms with Crippen LogP contribution < -0.4 is 10.2 Å². The van der Waals surface area contributed by atoms with Gasteiger partial charge in [-0.15, -0.1) is 0 Å². The lowest BCUT2D eigenvalue weighted by atomic mass is 10.2. The van der Waals surface area contributed by atoms with E-state index in [0.29, 0.717) is 19.7 Å². The minimum Gasteiger partial charge on any atom is -0.383 e. The van der Waals surface area contributed by atoms with Crippen molar-refractivity contribution in [1.29, 1.82) is 0 Å². The van der Waals surface area contributed by atoms with Gasteiger partial charge in [0.15, 0.2) is 0 Å². The normalized spacial score (nSPS) is 16.1. The van der Waals surface area contributed by atoms with Crippen molar-refractivity contribution < 1.29 is 9.53 Å². The lowest BCUT2D eigenvalue weighted by Gasteiger charge is -2.35. The highest BCUT2D eigenvalue weighted by molar-refractivity contribution is 5.78. The van der Waals surface area contributed by atoms with Crippen molar-refractivity contribution in [2.75, 3.05) is 78.0 Å². The van der Waals surface area contributed by atoms with Crippen LogP contribution >= 0.6 is 0 Å². The Hall–Kier alpha value is -1.63. The second-order valence-corrected chi connectivity index (χ2v) is 6.22. The van der Waals surface area contributed by atoms with Crippen LogP contribution in [0.2, 0.25) is 0 Å². The third-order valence-electron chi connectivity index (χ3n) is 4.41. The fourth-order valence-corrected chi connectivity index (χ4v) is 2.83. The summed E-state index contributed by atoms with van der Waals surface area (Å²) in [5.74, 6) is 0.0873. The van der Waals surface area contributed by atoms with Crippen molar-refractivity contribution >= 4 is 11.6 Å². The second-order valence-electron chi connectivity index (χ2n) is 6.22. The summed E-state index contributed by atoms with van der Waals surface area (Å²) in [6.07, 6.45) is 0. The van der Waals surface area contributed by atoms with Gasteiger partial charge in [-0.2, -0.15) is 0 Å². The number of piperazine rings is 1. The van der Waals surface area contributed by atoms with Crippen LogP contribution in [0, 0.1) is 0 Å². The molecule has 0 radical (unpaired) electrons. The van der Waals surface area contributed by atoms with E-state index in [1.807, 2.05) is 6.07 Å². The van der Waals surface area contributed by atoms with Crippen LogP contribution in [-0.2, 0) is 9.53 Å². The Balaban J connectivity index is 1.61. The fourth-order valence-electron chi connectivity index (χ4n) is 2.83. The maximum absolute atomic E-state index is 11.8. The maximum Gasteiger partial charge on any atom is 0.234 e. The van der Waals surface area contributed by atoms with Gasteiger partial charge in [0.05, 0.1) is 13.2 Å². The Morgan fingerprint density at radius 1 is 1.17 bits per heavy atom. The molecule has 0 spiro atoms. The smallest absolute Gasteiger partial charge is 0.234 e. The number of carbonyl (C=O) groups is 1. The number of nitrogens with zero attached hydrogens (tertiary/aromatic N) is 3. The standard InChI is InChI=1S/C18H30N4O2/c1-20(17-6-4-3-5-7-17)9-10-21-11-13-22(14-12-21)16-18(23)19-8-15-24-2/h3-7H,8-16H2,1-2H3,(H,19,23). The molecule has 1 amide bonds. The number of benzene rings is 1. The van der Waals surface area contributed by atoms with Crippen molar-refractivity contribution in [3.8, 4) is 0 Å². The van der Waals surface area contributed by atoms with Gasteiger partial charge in [-0.3, -0.25) is 14.6 Å². The largest absolute Gasteiger partial charge is 0.383 e. The number of likely N-dealkylation sites (N-methyl/N-ethyl adjacent to an activating group) is 1. The first-order valence-electron chi connectivity index (χ1n) is 8.65. The predicted octanol–water partition coefficient (Wildman–Crippen LogP) is 0.503. The van der Waals surface area contributed by atoms with Gasteiger partial charge in [0.2, 0.25) is 5.91 Å². The molecule has 0 unspecified atom stereocenters. The number of hydrogen-bond acceptors (Lipinski definition) is 5. The summed E-state index contributed by atoms with van der Waals surface area (Å²) < 4.78 is 4.94. The molecule has 0 atom stereocenters. The number of carbonyl (C=O) groups excluding carboxylic acids is 1. The van der Waals surface area contributed by atoms with Gasteiger partial charge in [-0.05, 0) is 12.1 Å². The zero-order valence-corrected chi connectivity index (χ0v) is 14.9. The zero-order valence-electron chi connectivity index (χ0n) is 14.9. The molecule has 1 aliphatic rings. The SMILES string of the molecule is COCCNC(=O)CN1CCN(CCN(C)c2ccccc2)CC1. The predicted molar refractivity (Wildman–Crippen MR) is 97.5 cm³/mol. The molecule has 6 heteroatoms. The van der Waals surface area contributed by atoms with Crippen molar-refractivity contribution in [2.45, 2.75) is 0 Å². The Morgan fingerprint density at radius 3 is 2.50 bits per heavy atom. The van der Waals surface area contributed by atoms with Gasteiger partial charge in [0, 0.05) is 65.7 Å². The molecular weight excluding hydrogens is 304 g/mol. The number of nitrogens with one attached hydrogen (secondary N) is 1. The summed E-state index contributed by atoms with van der Waals surface area (Å²) in [7, 11) is 3.77. The Kier molecular flexibility index (Phi) is 8.01. The quantitative estimate of drug-likeness (QED) is 0.667. The minimum absolute atomic E-state index is 0.0873. The van der Waals surface area contributed by atoms with Crippen LogP contribution in [0.1, 0.15) is 0 Å². The molecule has 2 rings (SSSR count). The number of anilines is 1. The Morgan fingerprint density at radius 2 is 1.83 bits per heavy atom. The van der Waals surface area contributed by atoms with Crippen LogP contribution in [0.3, 0.4) is 0 Å². The first-order valence-corrected chi connectivity index (χ1v) is 8.65. The molecule has 1 fully saturated rings. The van der Waals surface area contributed by atoms with Crippen LogP contribution in [-0.4, -0.2) is 88.8 Å². The monoisotopic (exact) mass is 334 g/mol. The number of methoxy groups -OCH3 is 1. The summed E-state index contributed by atoms with van der Waals surface area (Å²) in [6.45, 7) is 7.65. The molecule has 6 nitrogen and oxygen atoms in total. The molecule has 24 heavy (non-hydrogen) atoms. The topological polar surface area (TPSA) is 48.1 Å². The van der Waals surface area contributed by atoms with Gasteiger partial charge >= 0.3 is 0 Å². The van der Waals surface area contributed by atoms with Gasteiger partial charge in [-0.1, -0.05) is 18.2 Å². The first-order chi connectivity index (χ1) is 11.7. The lowest BCUT2D eigenvalue weighted by Crippen LogP contribution is -2.50. The third-order valence-corrected chi connectivity index (χ3v) is 4.41. The van der Waals surface area contributed by atoms with E-state index in [4.69, 9.17) is 4.74 Å². The number of amides is 1. The van der Waals surface area contributed by atoms with Crippen molar-refractivity contribution in [2.24, 2.45) is 0 Å². The van der Waals surface area contributed by atoms with E-state index in [0.717, 1.165) is 39.3 Å². The zero-order chi connectivity index (χ0) is 17.2. The average molecular weight is 334 g/mol. The highest BCUT2D eigenvalue weighted by Gasteiger charge is 2.18. The average Bonchev–Trinajstić information content (AvgIpc) is 2.62. The molecule has 1 N–H and O–H groups in total. The summed E-state index contributed by atoms with van der Waals surface area (Å²) in [5.41, 5.74) is 1.25. The van der Waals surface area contributed by atoms with Gasteiger partial charge < -0.3 is 15.0 Å². The molecule has 1 aromatic carbocycles. The minimum atomic E-state index is 0.0873. The summed E-state index contributed by atoms with van der Waals surface area (Å²) in [5, 5.41) is 2.87. The van der Waals surface area contributed by atoms with Gasteiger partial charge in [0.1, 0.15) is 0 Å². The summed E-state index contributed by atoms with van der Waals surface area (Å²) in [4.78, 5) is 18.8. The molecule has 1 aliphatic heterocycles. The molecule has 1 saturated heterocycles. The molecule has 0 bridgehead atoms. The maximum atomic E-state index is 11.8. The van der Waals surface area contributed by atoms with Gasteiger partial charge in [0.25, 0.3) is 0 Å². The van der Waals surface area contributed by atoms with Crippen LogP contribution in [0.5, 0.6) is 0 Å². The summed E-state index contributed by atoms with van der Waals surface area (Å²) >= 11 is 0. The van der Waals surface area contributed by atoms with E-state index < -0.39 is 0 Å². The lowest BCUT2D eigenvalue weighted by molar-refractivity contribution is -0.122. The Bertz CT molecular complexity index is 475. The highest BCUT2D eigenvalue weighted by atomic mass is 16.5. The number of rotatable bonds is 9. The van der Waals surface area contributed by atoms with Crippen LogP contribution in [0.4, 0.5) is 5.69 Å². The highest BCUT2D eigenvalue weighted by Crippen LogP contribution is 2.11. The van der Waals surface area contributed by atoms with Crippen molar-refractivity contribution in [3.05, 3.63) is 30.3 Å². The van der Waals surface area contributed by atoms with Gasteiger partial charge in [-0.25, -0.2) is 0 Å². The molecule has 1 heterocycles. The van der Waals surface area contributed by atoms with E-state index in [-0.39, 0.29) is 5.91 Å². The van der Waals surface area contributed by atoms with E-state index >= 15 is 0 Å². The number of hydrogen-bond donors (Lipinski definition) is 1. The third kappa shape index (κ3) is 6.47. The molecule has 134 valence electrons. The van der Waals surface area contributed by atoms with Crippen LogP contribution in [0.25, 0.3) is 0 Å². The molecule has 0 saturated carbocycles. The molecule has 0 aliphatic carbocycles. The molecular formula is C18H30N4O2. The molecule has 0 aromatic heterocycles. The fraction of sp³-hybridized carbons (Fsp3) is 0.611. The second kappa shape index (κ2) is 10.3. The Labute approximate surface area is 145 Å². The van der Waals surface area contributed by atoms with E-state index in [1.54, 1.807) is 7.11 Å². The van der Waals surface area contributed by atoms with E-state index in [2.05, 4.69) is 51.3 Å². The number of ether oxygens (including phenoxy) is 1. The summed E-state index contributed by atoms with van der Waals surface area (Å²) in [6, 6.07) is 10.5. The van der Waals surface area contributed by atoms with E-state index in [1.165, 1.54) is 5.69 Å². The van der Waals surface area contributed by atoms with E-state index in [9.17, 15) is 4.79 Å².